The highest BCUT2D eigenvalue weighted by Crippen LogP contribution is 2.38. The molecule has 0 aliphatic rings. The second-order valence-electron chi connectivity index (χ2n) is 7.93. The van der Waals surface area contributed by atoms with Gasteiger partial charge in [-0.05, 0) is 46.0 Å². The summed E-state index contributed by atoms with van der Waals surface area (Å²) in [7, 11) is 0. The molecule has 6 rings (SSSR count). The summed E-state index contributed by atoms with van der Waals surface area (Å²) in [5, 5.41) is 2.51. The van der Waals surface area contributed by atoms with Gasteiger partial charge < -0.3 is 4.98 Å². The fourth-order valence-corrected chi connectivity index (χ4v) is 4.46. The third kappa shape index (κ3) is 3.12. The van der Waals surface area contributed by atoms with Crippen molar-refractivity contribution in [1.29, 1.82) is 0 Å². The Kier molecular flexibility index (Phi) is 4.18. The van der Waals surface area contributed by atoms with Gasteiger partial charge in [-0.2, -0.15) is 0 Å². The molecule has 0 aliphatic carbocycles. The Labute approximate surface area is 183 Å². The van der Waals surface area contributed by atoms with E-state index >= 15 is 0 Å². The average molecular weight is 398 g/mol. The number of benzene rings is 5. The van der Waals surface area contributed by atoms with Crippen LogP contribution < -0.4 is 0 Å². The normalized spacial score (nSPS) is 11.2. The lowest BCUT2D eigenvalue weighted by atomic mass is 9.95. The van der Waals surface area contributed by atoms with Crippen molar-refractivity contribution in [1.82, 2.24) is 4.98 Å². The van der Waals surface area contributed by atoms with Crippen molar-refractivity contribution in [3.05, 3.63) is 121 Å². The SMILES string of the molecule is [HH].c1ccc(-c2ccc3c(c2)[nH]c2c(-c4ccccc4)cc(-c4ccccc4)cc23)cc1. The van der Waals surface area contributed by atoms with E-state index in [0.717, 1.165) is 0 Å². The first-order chi connectivity index (χ1) is 15.4. The Balaban J connectivity index is 0.00000216. The van der Waals surface area contributed by atoms with Gasteiger partial charge in [-0.1, -0.05) is 103 Å². The summed E-state index contributed by atoms with van der Waals surface area (Å²) in [5.74, 6) is 0. The molecule has 0 aliphatic heterocycles. The molecule has 0 saturated heterocycles. The van der Waals surface area contributed by atoms with Gasteiger partial charge in [-0.15, -0.1) is 0 Å². The van der Waals surface area contributed by atoms with Crippen LogP contribution in [0.25, 0.3) is 55.2 Å². The minimum Gasteiger partial charge on any atom is -0.354 e. The molecule has 1 N–H and O–H groups in total. The lowest BCUT2D eigenvalue weighted by Gasteiger charge is -2.09. The molecule has 31 heavy (non-hydrogen) atoms. The van der Waals surface area contributed by atoms with Gasteiger partial charge in [0, 0.05) is 23.3 Å². The first kappa shape index (κ1) is 17.7. The lowest BCUT2D eigenvalue weighted by Crippen LogP contribution is -1.84. The van der Waals surface area contributed by atoms with E-state index in [0.29, 0.717) is 0 Å². The third-order valence-electron chi connectivity index (χ3n) is 6.01. The molecular formula is C30H23N. The Morgan fingerprint density at radius 3 is 1.65 bits per heavy atom. The van der Waals surface area contributed by atoms with E-state index in [4.69, 9.17) is 0 Å². The van der Waals surface area contributed by atoms with E-state index in [1.54, 1.807) is 0 Å². The number of H-pyrrole nitrogens is 1. The molecule has 1 aromatic heterocycles. The van der Waals surface area contributed by atoms with Crippen molar-refractivity contribution in [2.45, 2.75) is 0 Å². The fraction of sp³-hybridized carbons (Fsp3) is 0. The van der Waals surface area contributed by atoms with Crippen LogP contribution in [0.1, 0.15) is 1.43 Å². The number of rotatable bonds is 3. The molecule has 0 radical (unpaired) electrons. The maximum absolute atomic E-state index is 3.73. The monoisotopic (exact) mass is 397 g/mol. The second-order valence-corrected chi connectivity index (χ2v) is 7.93. The first-order valence-electron chi connectivity index (χ1n) is 10.6. The van der Waals surface area contributed by atoms with Crippen molar-refractivity contribution < 1.29 is 1.43 Å². The number of nitrogens with one attached hydrogen (secondary N) is 1. The molecule has 0 bridgehead atoms. The summed E-state index contributed by atoms with van der Waals surface area (Å²) in [6.07, 6.45) is 0. The van der Waals surface area contributed by atoms with Crippen LogP contribution in [0.15, 0.2) is 121 Å². The lowest BCUT2D eigenvalue weighted by molar-refractivity contribution is 1.53. The van der Waals surface area contributed by atoms with Crippen LogP contribution in [0.4, 0.5) is 0 Å². The summed E-state index contributed by atoms with van der Waals surface area (Å²) in [6.45, 7) is 0. The molecule has 5 aromatic carbocycles. The van der Waals surface area contributed by atoms with E-state index in [2.05, 4.69) is 126 Å². The van der Waals surface area contributed by atoms with Gasteiger partial charge in [-0.3, -0.25) is 0 Å². The highest BCUT2D eigenvalue weighted by Gasteiger charge is 2.13. The second kappa shape index (κ2) is 7.30. The Bertz CT molecular complexity index is 1500. The zero-order valence-corrected chi connectivity index (χ0v) is 17.0. The third-order valence-corrected chi connectivity index (χ3v) is 6.01. The fourth-order valence-electron chi connectivity index (χ4n) is 4.46. The van der Waals surface area contributed by atoms with Gasteiger partial charge in [-0.25, -0.2) is 0 Å². The summed E-state index contributed by atoms with van der Waals surface area (Å²) in [4.78, 5) is 3.73. The van der Waals surface area contributed by atoms with Crippen LogP contribution in [0.2, 0.25) is 0 Å². The van der Waals surface area contributed by atoms with Gasteiger partial charge in [0.05, 0.1) is 5.52 Å². The van der Waals surface area contributed by atoms with Gasteiger partial charge in [0.2, 0.25) is 0 Å². The van der Waals surface area contributed by atoms with Gasteiger partial charge >= 0.3 is 0 Å². The summed E-state index contributed by atoms with van der Waals surface area (Å²) >= 11 is 0. The predicted molar refractivity (Wildman–Crippen MR) is 134 cm³/mol. The maximum atomic E-state index is 3.73. The van der Waals surface area contributed by atoms with E-state index < -0.39 is 0 Å². The molecule has 0 unspecified atom stereocenters. The zero-order valence-electron chi connectivity index (χ0n) is 17.0. The molecule has 148 valence electrons. The van der Waals surface area contributed by atoms with Gasteiger partial charge in [0.1, 0.15) is 0 Å². The van der Waals surface area contributed by atoms with Crippen LogP contribution in [-0.4, -0.2) is 4.98 Å². The minimum atomic E-state index is 0. The Morgan fingerprint density at radius 2 is 1.00 bits per heavy atom. The molecule has 0 atom stereocenters. The number of fused-ring (bicyclic) bond motifs is 3. The largest absolute Gasteiger partial charge is 0.354 e. The predicted octanol–water partition coefficient (Wildman–Crippen LogP) is 8.57. The quantitative estimate of drug-likeness (QED) is 0.308. The zero-order chi connectivity index (χ0) is 20.6. The number of aromatic nitrogens is 1. The van der Waals surface area contributed by atoms with E-state index in [1.165, 1.54) is 55.2 Å². The highest BCUT2D eigenvalue weighted by molar-refractivity contribution is 6.14. The summed E-state index contributed by atoms with van der Waals surface area (Å²) in [5.41, 5.74) is 9.73. The molecule has 0 fully saturated rings. The molecular weight excluding hydrogens is 374 g/mol. The van der Waals surface area contributed by atoms with Crippen LogP contribution in [0.3, 0.4) is 0 Å². The van der Waals surface area contributed by atoms with Crippen molar-refractivity contribution in [2.75, 3.05) is 0 Å². The van der Waals surface area contributed by atoms with Crippen LogP contribution in [0.5, 0.6) is 0 Å². The summed E-state index contributed by atoms with van der Waals surface area (Å²) < 4.78 is 0. The maximum Gasteiger partial charge on any atom is 0.0544 e. The molecule has 1 nitrogen and oxygen atoms in total. The van der Waals surface area contributed by atoms with Crippen LogP contribution in [0, 0.1) is 0 Å². The molecule has 1 heterocycles. The van der Waals surface area contributed by atoms with Gasteiger partial charge in [0.15, 0.2) is 0 Å². The number of aromatic amines is 1. The Hall–Kier alpha value is -4.10. The molecule has 1 heteroatoms. The number of hydrogen-bond donors (Lipinski definition) is 1. The molecule has 0 spiro atoms. The van der Waals surface area contributed by atoms with Crippen molar-refractivity contribution >= 4 is 21.8 Å². The van der Waals surface area contributed by atoms with Gasteiger partial charge in [0.25, 0.3) is 0 Å². The van der Waals surface area contributed by atoms with E-state index in [1.807, 2.05) is 0 Å². The highest BCUT2D eigenvalue weighted by atomic mass is 14.7. The van der Waals surface area contributed by atoms with Crippen LogP contribution >= 0.6 is 0 Å². The van der Waals surface area contributed by atoms with E-state index in [-0.39, 0.29) is 1.43 Å². The molecule has 0 amide bonds. The van der Waals surface area contributed by atoms with Crippen LogP contribution in [-0.2, 0) is 0 Å². The average Bonchev–Trinajstić information content (AvgIpc) is 3.23. The molecule has 6 aromatic rings. The van der Waals surface area contributed by atoms with Crippen molar-refractivity contribution in [3.8, 4) is 33.4 Å². The van der Waals surface area contributed by atoms with E-state index in [9.17, 15) is 0 Å². The first-order valence-corrected chi connectivity index (χ1v) is 10.6. The Morgan fingerprint density at radius 1 is 0.419 bits per heavy atom. The number of hydrogen-bond acceptors (Lipinski definition) is 0. The smallest absolute Gasteiger partial charge is 0.0544 e. The minimum absolute atomic E-state index is 0. The summed E-state index contributed by atoms with van der Waals surface area (Å²) in [6, 6.07) is 43.2. The molecule has 0 saturated carbocycles. The van der Waals surface area contributed by atoms with Crippen molar-refractivity contribution in [2.24, 2.45) is 0 Å². The standard InChI is InChI=1S/C30H21N.H2/c1-4-10-21(11-5-1)24-16-17-26-28-19-25(22-12-6-2-7-13-22)18-27(23-14-8-3-9-15-23)30(28)31-29(26)20-24;/h1-20,31H;1H. The van der Waals surface area contributed by atoms with Crippen molar-refractivity contribution in [3.63, 3.8) is 0 Å². The topological polar surface area (TPSA) is 15.8 Å².